The van der Waals surface area contributed by atoms with Gasteiger partial charge in [-0.1, -0.05) is 37.3 Å². The van der Waals surface area contributed by atoms with E-state index in [1.54, 1.807) is 6.07 Å². The fourth-order valence-corrected chi connectivity index (χ4v) is 1.92. The second-order valence-electron chi connectivity index (χ2n) is 3.86. The molecule has 2 rings (SSSR count). The van der Waals surface area contributed by atoms with Gasteiger partial charge in [0.1, 0.15) is 5.75 Å². The maximum atomic E-state index is 9.85. The van der Waals surface area contributed by atoms with Gasteiger partial charge in [0.05, 0.1) is 0 Å². The van der Waals surface area contributed by atoms with Crippen LogP contribution in [-0.2, 0) is 0 Å². The molecule has 1 atom stereocenters. The van der Waals surface area contributed by atoms with Crippen LogP contribution in [0.5, 0.6) is 5.75 Å². The average Bonchev–Trinajstić information content (AvgIpc) is 2.28. The number of phenols is 1. The third-order valence-corrected chi connectivity index (χ3v) is 2.79. The zero-order valence-electron chi connectivity index (χ0n) is 8.77. The first-order chi connectivity index (χ1) is 7.24. The van der Waals surface area contributed by atoms with Crippen molar-refractivity contribution in [3.8, 4) is 5.75 Å². The lowest BCUT2D eigenvalue weighted by atomic mass is 9.94. The van der Waals surface area contributed by atoms with Gasteiger partial charge in [-0.2, -0.15) is 0 Å². The van der Waals surface area contributed by atoms with E-state index in [1.807, 2.05) is 37.3 Å². The maximum absolute atomic E-state index is 9.85. The molecule has 0 bridgehead atoms. The second-order valence-corrected chi connectivity index (χ2v) is 3.86. The molecule has 0 spiro atoms. The minimum absolute atomic E-state index is 0.177. The standard InChI is InChI=1S/C13H15NO/c1-9(8-14)13-11-5-3-2-4-10(11)6-7-12(13)15/h2-7,9,15H,8,14H2,1H3. The highest BCUT2D eigenvalue weighted by Crippen LogP contribution is 2.32. The van der Waals surface area contributed by atoms with Crippen molar-refractivity contribution in [2.75, 3.05) is 6.54 Å². The summed E-state index contributed by atoms with van der Waals surface area (Å²) in [5.74, 6) is 0.516. The second kappa shape index (κ2) is 3.91. The Balaban J connectivity index is 2.74. The Hall–Kier alpha value is -1.54. The summed E-state index contributed by atoms with van der Waals surface area (Å²) in [5.41, 5.74) is 6.61. The maximum Gasteiger partial charge on any atom is 0.119 e. The van der Waals surface area contributed by atoms with Crippen LogP contribution in [0.15, 0.2) is 36.4 Å². The van der Waals surface area contributed by atoms with Gasteiger partial charge in [0.25, 0.3) is 0 Å². The van der Waals surface area contributed by atoms with E-state index >= 15 is 0 Å². The number of rotatable bonds is 2. The highest BCUT2D eigenvalue weighted by Gasteiger charge is 2.12. The van der Waals surface area contributed by atoms with Crippen LogP contribution in [0.2, 0.25) is 0 Å². The van der Waals surface area contributed by atoms with Crippen LogP contribution in [0.1, 0.15) is 18.4 Å². The van der Waals surface area contributed by atoms with Crippen molar-refractivity contribution in [1.29, 1.82) is 0 Å². The van der Waals surface area contributed by atoms with E-state index in [0.29, 0.717) is 12.3 Å². The van der Waals surface area contributed by atoms with E-state index in [2.05, 4.69) is 0 Å². The third kappa shape index (κ3) is 1.68. The fourth-order valence-electron chi connectivity index (χ4n) is 1.92. The number of fused-ring (bicyclic) bond motifs is 1. The van der Waals surface area contributed by atoms with Crippen LogP contribution in [0.25, 0.3) is 10.8 Å². The van der Waals surface area contributed by atoms with Crippen molar-refractivity contribution in [2.45, 2.75) is 12.8 Å². The molecule has 2 aromatic carbocycles. The monoisotopic (exact) mass is 201 g/mol. The summed E-state index contributed by atoms with van der Waals surface area (Å²) >= 11 is 0. The number of phenolic OH excluding ortho intramolecular Hbond substituents is 1. The Morgan fingerprint density at radius 3 is 2.67 bits per heavy atom. The first-order valence-electron chi connectivity index (χ1n) is 5.14. The minimum atomic E-state index is 0.177. The van der Waals surface area contributed by atoms with Crippen molar-refractivity contribution in [3.05, 3.63) is 42.0 Å². The highest BCUT2D eigenvalue weighted by atomic mass is 16.3. The molecule has 1 unspecified atom stereocenters. The van der Waals surface area contributed by atoms with Gasteiger partial charge < -0.3 is 10.8 Å². The zero-order valence-corrected chi connectivity index (χ0v) is 8.77. The predicted octanol–water partition coefficient (Wildman–Crippen LogP) is 2.61. The molecule has 0 heterocycles. The number of benzene rings is 2. The van der Waals surface area contributed by atoms with Crippen molar-refractivity contribution in [2.24, 2.45) is 5.73 Å². The Morgan fingerprint density at radius 2 is 1.93 bits per heavy atom. The van der Waals surface area contributed by atoms with Crippen molar-refractivity contribution >= 4 is 10.8 Å². The summed E-state index contributed by atoms with van der Waals surface area (Å²) in [6.45, 7) is 2.57. The first-order valence-corrected chi connectivity index (χ1v) is 5.14. The molecule has 3 N–H and O–H groups in total. The average molecular weight is 201 g/mol. The van der Waals surface area contributed by atoms with Gasteiger partial charge in [-0.25, -0.2) is 0 Å². The van der Waals surface area contributed by atoms with Crippen molar-refractivity contribution < 1.29 is 5.11 Å². The van der Waals surface area contributed by atoms with Crippen LogP contribution >= 0.6 is 0 Å². The third-order valence-electron chi connectivity index (χ3n) is 2.79. The number of aromatic hydroxyl groups is 1. The van der Waals surface area contributed by atoms with Crippen LogP contribution < -0.4 is 5.73 Å². The number of hydrogen-bond acceptors (Lipinski definition) is 2. The summed E-state index contributed by atoms with van der Waals surface area (Å²) in [5, 5.41) is 12.1. The molecule has 0 aliphatic rings. The summed E-state index contributed by atoms with van der Waals surface area (Å²) < 4.78 is 0. The smallest absolute Gasteiger partial charge is 0.119 e. The van der Waals surface area contributed by atoms with Gasteiger partial charge in [0.2, 0.25) is 0 Å². The molecule has 0 fully saturated rings. The van der Waals surface area contributed by atoms with E-state index in [0.717, 1.165) is 16.3 Å². The lowest BCUT2D eigenvalue weighted by Crippen LogP contribution is -2.09. The zero-order chi connectivity index (χ0) is 10.8. The van der Waals surface area contributed by atoms with Crippen LogP contribution in [-0.4, -0.2) is 11.7 Å². The molecule has 0 radical (unpaired) electrons. The lowest BCUT2D eigenvalue weighted by Gasteiger charge is -2.14. The van der Waals surface area contributed by atoms with E-state index in [1.165, 1.54) is 0 Å². The van der Waals surface area contributed by atoms with Crippen LogP contribution in [0.3, 0.4) is 0 Å². The quantitative estimate of drug-likeness (QED) is 0.784. The molecule has 0 saturated carbocycles. The predicted molar refractivity (Wildman–Crippen MR) is 63.1 cm³/mol. The van der Waals surface area contributed by atoms with Gasteiger partial charge >= 0.3 is 0 Å². The van der Waals surface area contributed by atoms with Crippen molar-refractivity contribution in [3.63, 3.8) is 0 Å². The van der Waals surface area contributed by atoms with Crippen LogP contribution in [0.4, 0.5) is 0 Å². The summed E-state index contributed by atoms with van der Waals surface area (Å²) in [6, 6.07) is 11.7. The SMILES string of the molecule is CC(CN)c1c(O)ccc2ccccc12. The normalized spacial score (nSPS) is 12.9. The van der Waals surface area contributed by atoms with E-state index in [9.17, 15) is 5.11 Å². The van der Waals surface area contributed by atoms with E-state index in [4.69, 9.17) is 5.73 Å². The Bertz CT molecular complexity index is 479. The Labute approximate surface area is 89.3 Å². The molecule has 78 valence electrons. The van der Waals surface area contributed by atoms with E-state index in [-0.39, 0.29) is 5.92 Å². The fraction of sp³-hybridized carbons (Fsp3) is 0.231. The number of hydrogen-bond donors (Lipinski definition) is 2. The highest BCUT2D eigenvalue weighted by molar-refractivity contribution is 5.88. The van der Waals surface area contributed by atoms with Gasteiger partial charge in [0.15, 0.2) is 0 Å². The number of nitrogens with two attached hydrogens (primary N) is 1. The first kappa shape index (κ1) is 9.99. The molecule has 0 aliphatic heterocycles. The largest absolute Gasteiger partial charge is 0.508 e. The van der Waals surface area contributed by atoms with Gasteiger partial charge in [-0.3, -0.25) is 0 Å². The lowest BCUT2D eigenvalue weighted by molar-refractivity contribution is 0.465. The van der Waals surface area contributed by atoms with Crippen LogP contribution in [0, 0.1) is 0 Å². The Morgan fingerprint density at radius 1 is 1.20 bits per heavy atom. The molecule has 2 aromatic rings. The molecule has 0 saturated heterocycles. The summed E-state index contributed by atoms with van der Waals surface area (Å²) in [4.78, 5) is 0. The Kier molecular flexibility index (Phi) is 2.60. The summed E-state index contributed by atoms with van der Waals surface area (Å²) in [7, 11) is 0. The topological polar surface area (TPSA) is 46.2 Å². The molecule has 0 aromatic heterocycles. The molecule has 2 heteroatoms. The van der Waals surface area contributed by atoms with Crippen molar-refractivity contribution in [1.82, 2.24) is 0 Å². The molecule has 15 heavy (non-hydrogen) atoms. The summed E-state index contributed by atoms with van der Waals surface area (Å²) in [6.07, 6.45) is 0. The molecule has 2 nitrogen and oxygen atoms in total. The molecule has 0 amide bonds. The molecular weight excluding hydrogens is 186 g/mol. The van der Waals surface area contributed by atoms with Gasteiger partial charge in [0, 0.05) is 5.56 Å². The van der Waals surface area contributed by atoms with Gasteiger partial charge in [-0.05, 0) is 29.3 Å². The van der Waals surface area contributed by atoms with Gasteiger partial charge in [-0.15, -0.1) is 0 Å². The molecular formula is C13H15NO. The van der Waals surface area contributed by atoms with E-state index < -0.39 is 0 Å². The minimum Gasteiger partial charge on any atom is -0.508 e. The molecule has 0 aliphatic carbocycles.